The smallest absolute Gasteiger partial charge is 0.410 e. The van der Waals surface area contributed by atoms with Gasteiger partial charge in [0.05, 0.1) is 25.8 Å². The number of benzene rings is 2. The fraction of sp³-hybridized carbons (Fsp3) is 0.393. The maximum Gasteiger partial charge on any atom is 0.410 e. The summed E-state index contributed by atoms with van der Waals surface area (Å²) in [7, 11) is 0. The molecule has 2 aromatic rings. The van der Waals surface area contributed by atoms with Gasteiger partial charge in [-0.1, -0.05) is 64.5 Å². The lowest BCUT2D eigenvalue weighted by Gasteiger charge is -2.31. The lowest BCUT2D eigenvalue weighted by Crippen LogP contribution is -2.39. The van der Waals surface area contributed by atoms with E-state index in [1.165, 1.54) is 11.1 Å². The number of carbonyl (C=O) groups excluding carboxylic acids is 1. The summed E-state index contributed by atoms with van der Waals surface area (Å²) in [5.41, 5.74) is 2.42. The quantitative estimate of drug-likeness (QED) is 0.393. The SMILES string of the molecule is O=C(O)/C=C/C(=O)O.O=C1OC(CCc2ccccc2Br)CN1C(CCN1CCOCC1)c1ccccc1. The molecule has 1 amide bonds. The highest BCUT2D eigenvalue weighted by Gasteiger charge is 2.36. The molecule has 2 aromatic carbocycles. The molecule has 0 saturated carbocycles. The van der Waals surface area contributed by atoms with Crippen molar-refractivity contribution in [2.45, 2.75) is 31.4 Å². The third kappa shape index (κ3) is 9.59. The molecule has 0 aliphatic carbocycles. The fourth-order valence-electron chi connectivity index (χ4n) is 4.41. The summed E-state index contributed by atoms with van der Waals surface area (Å²) < 4.78 is 12.3. The number of aliphatic carboxylic acids is 2. The zero-order valence-corrected chi connectivity index (χ0v) is 22.7. The Kier molecular flexibility index (Phi) is 11.8. The Bertz CT molecular complexity index is 1070. The standard InChI is InChI=1S/C24H29BrN2O3.C4H4O4/c25-22-9-5-4-6-19(22)10-11-21-18-27(24(28)30-21)23(20-7-2-1-3-8-20)12-13-26-14-16-29-17-15-26;5-3(6)1-2-4(7)8/h1-9,21,23H,10-18H2;1-2H,(H,5,6)(H,7,8)/b;2-1+. The average Bonchev–Trinajstić information content (AvgIpc) is 3.29. The van der Waals surface area contributed by atoms with E-state index in [1.807, 2.05) is 35.2 Å². The number of ether oxygens (including phenoxy) is 2. The molecule has 2 saturated heterocycles. The van der Waals surface area contributed by atoms with E-state index in [2.05, 4.69) is 45.1 Å². The van der Waals surface area contributed by atoms with Crippen molar-refractivity contribution in [3.05, 3.63) is 82.3 Å². The van der Waals surface area contributed by atoms with Crippen LogP contribution in [0.15, 0.2) is 71.2 Å². The third-order valence-electron chi connectivity index (χ3n) is 6.35. The molecule has 2 fully saturated rings. The van der Waals surface area contributed by atoms with Gasteiger partial charge in [-0.15, -0.1) is 0 Å². The fourth-order valence-corrected chi connectivity index (χ4v) is 4.90. The van der Waals surface area contributed by atoms with Crippen LogP contribution in [0.25, 0.3) is 0 Å². The summed E-state index contributed by atoms with van der Waals surface area (Å²) in [6, 6.07) is 18.6. The van der Waals surface area contributed by atoms with Crippen molar-refractivity contribution in [1.29, 1.82) is 0 Å². The van der Waals surface area contributed by atoms with Crippen molar-refractivity contribution in [1.82, 2.24) is 9.80 Å². The number of amides is 1. The van der Waals surface area contributed by atoms with Crippen LogP contribution in [-0.2, 0) is 25.5 Å². The maximum absolute atomic E-state index is 12.8. The Labute approximate surface area is 230 Å². The number of hydrogen-bond donors (Lipinski definition) is 2. The predicted octanol–water partition coefficient (Wildman–Crippen LogP) is 4.38. The van der Waals surface area contributed by atoms with Crippen molar-refractivity contribution in [3.8, 4) is 0 Å². The second-order valence-electron chi connectivity index (χ2n) is 8.97. The molecule has 0 radical (unpaired) electrons. The van der Waals surface area contributed by atoms with E-state index in [0.29, 0.717) is 18.7 Å². The molecule has 10 heteroatoms. The van der Waals surface area contributed by atoms with Crippen molar-refractivity contribution < 1.29 is 34.1 Å². The Morgan fingerprint density at radius 1 is 1.00 bits per heavy atom. The Morgan fingerprint density at radius 3 is 2.26 bits per heavy atom. The van der Waals surface area contributed by atoms with E-state index in [4.69, 9.17) is 19.7 Å². The van der Waals surface area contributed by atoms with E-state index in [0.717, 1.165) is 56.6 Å². The highest BCUT2D eigenvalue weighted by molar-refractivity contribution is 9.10. The molecule has 204 valence electrons. The van der Waals surface area contributed by atoms with Crippen molar-refractivity contribution in [2.75, 3.05) is 39.4 Å². The second kappa shape index (κ2) is 15.3. The molecule has 0 spiro atoms. The molecule has 2 unspecified atom stereocenters. The summed E-state index contributed by atoms with van der Waals surface area (Å²) in [5.74, 6) is -2.51. The van der Waals surface area contributed by atoms with E-state index in [9.17, 15) is 14.4 Å². The van der Waals surface area contributed by atoms with Gasteiger partial charge in [-0.05, 0) is 36.5 Å². The number of carboxylic acids is 2. The van der Waals surface area contributed by atoms with Gasteiger partial charge >= 0.3 is 18.0 Å². The maximum atomic E-state index is 12.8. The minimum atomic E-state index is -1.26. The van der Waals surface area contributed by atoms with Crippen LogP contribution in [0.3, 0.4) is 0 Å². The van der Waals surface area contributed by atoms with Gasteiger partial charge < -0.3 is 19.7 Å². The van der Waals surface area contributed by atoms with Crippen LogP contribution in [0.5, 0.6) is 0 Å². The van der Waals surface area contributed by atoms with Crippen LogP contribution in [0.4, 0.5) is 4.79 Å². The molecule has 2 heterocycles. The molecular weight excluding hydrogens is 556 g/mol. The molecule has 0 bridgehead atoms. The Balaban J connectivity index is 0.000000436. The first-order chi connectivity index (χ1) is 18.3. The molecular formula is C28H33BrN2O7. The van der Waals surface area contributed by atoms with Crippen molar-refractivity contribution in [2.24, 2.45) is 0 Å². The topological polar surface area (TPSA) is 117 Å². The molecule has 2 atom stereocenters. The van der Waals surface area contributed by atoms with Gasteiger partial charge in [0, 0.05) is 36.3 Å². The molecule has 2 N–H and O–H groups in total. The molecule has 9 nitrogen and oxygen atoms in total. The number of carbonyl (C=O) groups is 3. The number of aryl methyl sites for hydroxylation is 1. The van der Waals surface area contributed by atoms with Gasteiger partial charge in [-0.25, -0.2) is 14.4 Å². The summed E-state index contributed by atoms with van der Waals surface area (Å²) in [5, 5.41) is 15.6. The monoisotopic (exact) mass is 588 g/mol. The minimum Gasteiger partial charge on any atom is -0.478 e. The second-order valence-corrected chi connectivity index (χ2v) is 9.82. The lowest BCUT2D eigenvalue weighted by atomic mass is 10.0. The number of carboxylic acid groups (broad SMARTS) is 2. The summed E-state index contributed by atoms with van der Waals surface area (Å²) in [6.07, 6.45) is 3.47. The highest BCUT2D eigenvalue weighted by Crippen LogP contribution is 2.31. The number of rotatable bonds is 10. The Hall–Kier alpha value is -3.21. The van der Waals surface area contributed by atoms with Crippen LogP contribution >= 0.6 is 15.9 Å². The molecule has 2 aliphatic rings. The lowest BCUT2D eigenvalue weighted by molar-refractivity contribution is -0.134. The largest absolute Gasteiger partial charge is 0.478 e. The van der Waals surface area contributed by atoms with Crippen LogP contribution in [0.1, 0.15) is 30.0 Å². The normalized spacial score (nSPS) is 18.5. The zero-order chi connectivity index (χ0) is 27.3. The van der Waals surface area contributed by atoms with Gasteiger partial charge in [-0.3, -0.25) is 9.80 Å². The van der Waals surface area contributed by atoms with Crippen LogP contribution in [0, 0.1) is 0 Å². The third-order valence-corrected chi connectivity index (χ3v) is 7.12. The molecule has 0 aromatic heterocycles. The van der Waals surface area contributed by atoms with Gasteiger partial charge in [-0.2, -0.15) is 0 Å². The number of halogens is 1. The number of morpholine rings is 1. The van der Waals surface area contributed by atoms with Crippen molar-refractivity contribution in [3.63, 3.8) is 0 Å². The van der Waals surface area contributed by atoms with Crippen molar-refractivity contribution >= 4 is 34.0 Å². The zero-order valence-electron chi connectivity index (χ0n) is 21.1. The van der Waals surface area contributed by atoms with Gasteiger partial charge in [0.25, 0.3) is 0 Å². The van der Waals surface area contributed by atoms with E-state index >= 15 is 0 Å². The summed E-state index contributed by atoms with van der Waals surface area (Å²) in [6.45, 7) is 5.10. The van der Waals surface area contributed by atoms with E-state index < -0.39 is 11.9 Å². The number of nitrogens with zero attached hydrogens (tertiary/aromatic N) is 2. The van der Waals surface area contributed by atoms with Gasteiger partial charge in [0.15, 0.2) is 0 Å². The van der Waals surface area contributed by atoms with Crippen LogP contribution in [0.2, 0.25) is 0 Å². The highest BCUT2D eigenvalue weighted by atomic mass is 79.9. The number of hydrogen-bond acceptors (Lipinski definition) is 6. The first-order valence-corrected chi connectivity index (χ1v) is 13.3. The van der Waals surface area contributed by atoms with Gasteiger partial charge in [0.2, 0.25) is 0 Å². The summed E-state index contributed by atoms with van der Waals surface area (Å²) >= 11 is 3.61. The van der Waals surface area contributed by atoms with Crippen LogP contribution < -0.4 is 0 Å². The van der Waals surface area contributed by atoms with E-state index in [-0.39, 0.29) is 18.2 Å². The first kappa shape index (κ1) is 29.3. The molecule has 38 heavy (non-hydrogen) atoms. The molecule has 2 aliphatic heterocycles. The minimum absolute atomic E-state index is 0.0370. The first-order valence-electron chi connectivity index (χ1n) is 12.5. The predicted molar refractivity (Wildman–Crippen MR) is 145 cm³/mol. The van der Waals surface area contributed by atoms with Crippen LogP contribution in [-0.4, -0.2) is 83.5 Å². The summed E-state index contributed by atoms with van der Waals surface area (Å²) in [4.78, 5) is 36.2. The Morgan fingerprint density at radius 2 is 1.63 bits per heavy atom. The molecule has 4 rings (SSSR count). The van der Waals surface area contributed by atoms with Gasteiger partial charge in [0.1, 0.15) is 6.10 Å². The number of cyclic esters (lactones) is 1. The average molecular weight is 589 g/mol. The van der Waals surface area contributed by atoms with E-state index in [1.54, 1.807) is 0 Å².